The number of aryl methyl sites for hydroxylation is 1. The van der Waals surface area contributed by atoms with Crippen LogP contribution < -0.4 is 0 Å². The van der Waals surface area contributed by atoms with Gasteiger partial charge in [0.05, 0.1) is 23.9 Å². The van der Waals surface area contributed by atoms with E-state index in [1.807, 2.05) is 6.92 Å². The van der Waals surface area contributed by atoms with Gasteiger partial charge in [-0.15, -0.1) is 10.3 Å². The van der Waals surface area contributed by atoms with Crippen LogP contribution >= 0.6 is 21.9 Å². The minimum atomic E-state index is -4.18. The molecule has 0 aliphatic rings. The molecule has 0 unspecified atom stereocenters. The molecule has 2 N–H and O–H groups in total. The van der Waals surface area contributed by atoms with Gasteiger partial charge >= 0.3 is 10.1 Å². The van der Waals surface area contributed by atoms with Crippen molar-refractivity contribution in [2.75, 3.05) is 30.5 Å². The van der Waals surface area contributed by atoms with Crippen LogP contribution in [0, 0.1) is 6.92 Å². The lowest BCUT2D eigenvalue weighted by molar-refractivity contribution is 0.102. The van der Waals surface area contributed by atoms with Gasteiger partial charge in [0, 0.05) is 22.1 Å². The van der Waals surface area contributed by atoms with Crippen molar-refractivity contribution in [3.05, 3.63) is 64.7 Å². The van der Waals surface area contributed by atoms with Crippen molar-refractivity contribution in [3.63, 3.8) is 0 Å². The third kappa shape index (κ3) is 6.04. The normalized spacial score (nSPS) is 12.7. The van der Waals surface area contributed by atoms with Gasteiger partial charge < -0.3 is 10.2 Å². The number of hydrogen-bond donors (Lipinski definition) is 2. The molecule has 0 fully saturated rings. The molecule has 0 saturated heterocycles. The Balaban J connectivity index is 2.36. The van der Waals surface area contributed by atoms with Crippen LogP contribution in [0.2, 0.25) is 5.02 Å². The number of ketones is 1. The molecule has 0 heterocycles. The van der Waals surface area contributed by atoms with Crippen molar-refractivity contribution in [2.45, 2.75) is 11.8 Å². The number of aliphatic hydroxyl groups is 2. The van der Waals surface area contributed by atoms with Crippen molar-refractivity contribution < 1.29 is 27.1 Å². The fourth-order valence-corrected chi connectivity index (χ4v) is 7.62. The molecule has 0 aliphatic heterocycles. The first-order valence-corrected chi connectivity index (χ1v) is 12.4. The van der Waals surface area contributed by atoms with Gasteiger partial charge in [0.25, 0.3) is 0 Å². The lowest BCUT2D eigenvalue weighted by atomic mass is 10.1. The van der Waals surface area contributed by atoms with Gasteiger partial charge in [-0.05, 0) is 31.2 Å². The molecule has 0 aromatic heterocycles. The Morgan fingerprint density at radius 3 is 2.18 bits per heavy atom. The van der Waals surface area contributed by atoms with E-state index in [1.54, 1.807) is 30.3 Å². The topological polar surface area (TPSA) is 101 Å². The summed E-state index contributed by atoms with van der Waals surface area (Å²) < 4.78 is 31.1. The number of benzene rings is 2. The van der Waals surface area contributed by atoms with E-state index in [1.165, 1.54) is 18.2 Å². The minimum Gasteiger partial charge on any atom is -0.395 e. The van der Waals surface area contributed by atoms with Crippen LogP contribution in [0.15, 0.2) is 53.4 Å². The maximum atomic E-state index is 12.8. The van der Waals surface area contributed by atoms with E-state index in [4.69, 9.17) is 15.2 Å². The summed E-state index contributed by atoms with van der Waals surface area (Å²) in [5, 5.41) is 19.4. The molecule has 6 nitrogen and oxygen atoms in total. The zero-order chi connectivity index (χ0) is 20.8. The fraction of sp³-hybridized carbons (Fsp3) is 0.316. The third-order valence-electron chi connectivity index (χ3n) is 4.01. The summed E-state index contributed by atoms with van der Waals surface area (Å²) in [4.78, 5) is 12.7. The van der Waals surface area contributed by atoms with E-state index < -0.39 is 20.4 Å². The molecule has 154 valence electrons. The van der Waals surface area contributed by atoms with Crippen LogP contribution in [0.1, 0.15) is 15.9 Å². The second kappa shape index (κ2) is 9.87. The van der Waals surface area contributed by atoms with Gasteiger partial charge in [0.15, 0.2) is 5.78 Å². The maximum absolute atomic E-state index is 12.8. The molecule has 0 atom stereocenters. The summed E-state index contributed by atoms with van der Waals surface area (Å²) in [6, 6.07) is 12.4. The zero-order valence-corrected chi connectivity index (χ0v) is 17.8. The number of aliphatic hydroxyl groups excluding tert-OH is 2. The largest absolute Gasteiger partial charge is 0.395 e. The van der Waals surface area contributed by atoms with Crippen LogP contribution in [0.25, 0.3) is 0 Å². The summed E-state index contributed by atoms with van der Waals surface area (Å²) in [5.41, 5.74) is 1.20. The molecule has 2 aromatic rings. The van der Waals surface area contributed by atoms with Crippen LogP contribution in [0.5, 0.6) is 0 Å². The summed E-state index contributed by atoms with van der Waals surface area (Å²) in [5.74, 6) is -0.714. The van der Waals surface area contributed by atoms with Crippen molar-refractivity contribution in [3.8, 4) is 0 Å². The number of Topliss-reactive ketones (excluding diaryl/α,β-unsaturated/α-hetero) is 1. The summed E-state index contributed by atoms with van der Waals surface area (Å²) >= 11 is 5.93. The standard InChI is InChI=1S/C19H23ClO6S2/c1-15-5-7-18(8-6-15)28(24,25)26-27(11-9-21,12-10-22)14-19(23)16-3-2-4-17(20)13-16/h2-8,13,21-22H,9-12,14H2,1H3. The number of hydrogen-bond acceptors (Lipinski definition) is 6. The average molecular weight is 447 g/mol. The first-order valence-electron chi connectivity index (χ1n) is 8.51. The molecule has 0 amide bonds. The molecule has 0 radical (unpaired) electrons. The Kier molecular flexibility index (Phi) is 8.06. The molecule has 0 spiro atoms. The van der Waals surface area contributed by atoms with E-state index in [2.05, 4.69) is 0 Å². The predicted octanol–water partition coefficient (Wildman–Crippen LogP) is 2.94. The van der Waals surface area contributed by atoms with E-state index >= 15 is 0 Å². The molecule has 0 aliphatic carbocycles. The van der Waals surface area contributed by atoms with Gasteiger partial charge in [-0.3, -0.25) is 4.79 Å². The highest BCUT2D eigenvalue weighted by Crippen LogP contribution is 2.51. The van der Waals surface area contributed by atoms with Gasteiger partial charge in [-0.2, -0.15) is 8.42 Å². The second-order valence-corrected chi connectivity index (χ2v) is 11.6. The van der Waals surface area contributed by atoms with Crippen molar-refractivity contribution in [1.82, 2.24) is 0 Å². The molecule has 28 heavy (non-hydrogen) atoms. The first-order chi connectivity index (χ1) is 13.2. The summed E-state index contributed by atoms with van der Waals surface area (Å²) in [6.45, 7) is 1.08. The Morgan fingerprint density at radius 1 is 1.04 bits per heavy atom. The predicted molar refractivity (Wildman–Crippen MR) is 112 cm³/mol. The summed E-state index contributed by atoms with van der Waals surface area (Å²) in [7, 11) is -6.83. The smallest absolute Gasteiger partial charge is 0.306 e. The zero-order valence-electron chi connectivity index (χ0n) is 15.4. The second-order valence-electron chi connectivity index (χ2n) is 6.23. The van der Waals surface area contributed by atoms with Crippen molar-refractivity contribution in [1.29, 1.82) is 0 Å². The molecular weight excluding hydrogens is 424 g/mol. The highest BCUT2D eigenvalue weighted by atomic mass is 35.5. The highest BCUT2D eigenvalue weighted by molar-refractivity contribution is 8.33. The Morgan fingerprint density at radius 2 is 1.64 bits per heavy atom. The maximum Gasteiger partial charge on any atom is 0.306 e. The van der Waals surface area contributed by atoms with E-state index in [0.717, 1.165) is 5.56 Å². The van der Waals surface area contributed by atoms with Crippen LogP contribution in [0.3, 0.4) is 0 Å². The van der Waals surface area contributed by atoms with Gasteiger partial charge in [0.1, 0.15) is 0 Å². The average Bonchev–Trinajstić information content (AvgIpc) is 2.62. The van der Waals surface area contributed by atoms with Gasteiger partial charge in [-0.1, -0.05) is 41.4 Å². The molecule has 9 heteroatoms. The molecule has 0 saturated carbocycles. The van der Waals surface area contributed by atoms with E-state index in [0.29, 0.717) is 10.6 Å². The van der Waals surface area contributed by atoms with Gasteiger partial charge in [-0.25, -0.2) is 3.63 Å². The number of halogens is 1. The van der Waals surface area contributed by atoms with Crippen molar-refractivity contribution in [2.24, 2.45) is 0 Å². The molecule has 2 rings (SSSR count). The molecular formula is C19H23ClO6S2. The lowest BCUT2D eigenvalue weighted by Gasteiger charge is -2.36. The van der Waals surface area contributed by atoms with Crippen LogP contribution in [0.4, 0.5) is 0 Å². The van der Waals surface area contributed by atoms with Crippen LogP contribution in [-0.2, 0) is 13.7 Å². The fourth-order valence-electron chi connectivity index (χ4n) is 2.59. The highest BCUT2D eigenvalue weighted by Gasteiger charge is 2.34. The van der Waals surface area contributed by atoms with E-state index in [-0.39, 0.29) is 41.2 Å². The Hall–Kier alpha value is -1.42. The monoisotopic (exact) mass is 446 g/mol. The molecule has 0 bridgehead atoms. The minimum absolute atomic E-state index is 0.0407. The van der Waals surface area contributed by atoms with Gasteiger partial charge in [0.2, 0.25) is 0 Å². The lowest BCUT2D eigenvalue weighted by Crippen LogP contribution is -2.27. The quantitative estimate of drug-likeness (QED) is 0.544. The third-order valence-corrected chi connectivity index (χ3v) is 9.61. The Labute approximate surface area is 171 Å². The Bertz CT molecular complexity index is 906. The SMILES string of the molecule is Cc1ccc(S(=O)(=O)OS(CCO)(CCO)CC(=O)c2cccc(Cl)c2)cc1. The first kappa shape index (κ1) is 22.9. The summed E-state index contributed by atoms with van der Waals surface area (Å²) in [6.07, 6.45) is 0. The number of carbonyl (C=O) groups excluding carboxylic acids is 1. The van der Waals surface area contributed by atoms with Crippen molar-refractivity contribution >= 4 is 37.8 Å². The molecule has 2 aromatic carbocycles. The van der Waals surface area contributed by atoms with E-state index in [9.17, 15) is 23.4 Å². The number of rotatable bonds is 10. The number of carbonyl (C=O) groups is 1. The van der Waals surface area contributed by atoms with Crippen LogP contribution in [-0.4, -0.2) is 54.9 Å².